The molecule has 0 radical (unpaired) electrons. The van der Waals surface area contributed by atoms with Crippen LogP contribution < -0.4 is 10.0 Å². The van der Waals surface area contributed by atoms with Gasteiger partial charge in [-0.3, -0.25) is 10.0 Å². The Balaban J connectivity index is 1.26. The molecule has 2 aliphatic heterocycles. The van der Waals surface area contributed by atoms with Crippen molar-refractivity contribution in [2.24, 2.45) is 10.2 Å². The highest BCUT2D eigenvalue weighted by atomic mass is 16.3. The van der Waals surface area contributed by atoms with Crippen LogP contribution in [0.3, 0.4) is 0 Å². The summed E-state index contributed by atoms with van der Waals surface area (Å²) in [6, 6.07) is 25.2. The summed E-state index contributed by atoms with van der Waals surface area (Å²) >= 11 is 0. The first-order valence-electron chi connectivity index (χ1n) is 11.7. The normalized spacial score (nSPS) is 16.0. The minimum Gasteiger partial charge on any atom is -0.455 e. The Morgan fingerprint density at radius 3 is 2.03 bits per heavy atom. The average Bonchev–Trinajstić information content (AvgIpc) is 3.30. The van der Waals surface area contributed by atoms with Gasteiger partial charge in [0.15, 0.2) is 0 Å². The number of para-hydroxylation sites is 2. The lowest BCUT2D eigenvalue weighted by molar-refractivity contribution is 0.606. The molecular weight excluding hydrogens is 408 g/mol. The largest absolute Gasteiger partial charge is 0.455 e. The van der Waals surface area contributed by atoms with Crippen molar-refractivity contribution in [2.75, 3.05) is 23.1 Å². The second-order valence-electron chi connectivity index (χ2n) is 8.61. The van der Waals surface area contributed by atoms with Crippen molar-refractivity contribution < 1.29 is 4.42 Å². The van der Waals surface area contributed by atoms with Crippen LogP contribution in [0.15, 0.2) is 87.4 Å². The van der Waals surface area contributed by atoms with Gasteiger partial charge in [-0.15, -0.1) is 0 Å². The van der Waals surface area contributed by atoms with E-state index in [1.54, 1.807) is 0 Å². The maximum atomic E-state index is 6.08. The third-order valence-corrected chi connectivity index (χ3v) is 6.45. The fourth-order valence-corrected chi connectivity index (χ4v) is 4.81. The maximum absolute atomic E-state index is 6.08. The Kier molecular flexibility index (Phi) is 5.15. The number of aryl methyl sites for hydroxylation is 2. The summed E-state index contributed by atoms with van der Waals surface area (Å²) in [5.41, 5.74) is 6.99. The first kappa shape index (κ1) is 19.8. The van der Waals surface area contributed by atoms with Crippen molar-refractivity contribution in [3.8, 4) is 0 Å². The highest BCUT2D eigenvalue weighted by molar-refractivity contribution is 6.00. The molecule has 5 nitrogen and oxygen atoms in total. The second-order valence-corrected chi connectivity index (χ2v) is 8.61. The Morgan fingerprint density at radius 1 is 0.697 bits per heavy atom. The molecule has 2 aliphatic rings. The predicted octanol–water partition coefficient (Wildman–Crippen LogP) is 6.01. The topological polar surface area (TPSA) is 44.3 Å². The molecule has 0 atom stereocenters. The smallest absolute Gasteiger partial charge is 0.148 e. The fraction of sp³-hybridized carbons (Fsp3) is 0.214. The monoisotopic (exact) mass is 434 g/mol. The number of hydrazone groups is 2. The van der Waals surface area contributed by atoms with E-state index in [1.165, 1.54) is 22.5 Å². The molecule has 3 heterocycles. The van der Waals surface area contributed by atoms with E-state index < -0.39 is 0 Å². The third-order valence-electron chi connectivity index (χ3n) is 6.45. The summed E-state index contributed by atoms with van der Waals surface area (Å²) in [6.07, 6.45) is 8.21. The van der Waals surface area contributed by atoms with E-state index in [1.807, 2.05) is 24.6 Å². The molecule has 0 N–H and O–H groups in total. The molecule has 6 rings (SSSR count). The molecule has 0 fully saturated rings. The number of nitrogens with zero attached hydrogens (tertiary/aromatic N) is 4. The molecule has 0 bridgehead atoms. The van der Waals surface area contributed by atoms with Gasteiger partial charge >= 0.3 is 0 Å². The van der Waals surface area contributed by atoms with E-state index in [0.29, 0.717) is 0 Å². The van der Waals surface area contributed by atoms with Gasteiger partial charge in [0.1, 0.15) is 11.3 Å². The first-order chi connectivity index (χ1) is 16.3. The van der Waals surface area contributed by atoms with Gasteiger partial charge in [0, 0.05) is 24.0 Å². The Hall–Kier alpha value is -3.86. The molecule has 3 aromatic carbocycles. The van der Waals surface area contributed by atoms with E-state index in [4.69, 9.17) is 14.6 Å². The summed E-state index contributed by atoms with van der Waals surface area (Å²) < 4.78 is 6.08. The second kappa shape index (κ2) is 8.58. The molecule has 0 aliphatic carbocycles. The molecule has 0 unspecified atom stereocenters. The van der Waals surface area contributed by atoms with E-state index in [0.717, 1.165) is 61.1 Å². The van der Waals surface area contributed by atoms with E-state index in [2.05, 4.69) is 70.7 Å². The Bertz CT molecular complexity index is 1350. The number of fused-ring (bicyclic) bond motifs is 3. The Morgan fingerprint density at radius 2 is 1.33 bits per heavy atom. The molecule has 0 saturated heterocycles. The summed E-state index contributed by atoms with van der Waals surface area (Å²) in [4.78, 5) is 0. The van der Waals surface area contributed by atoms with Crippen LogP contribution in [0.25, 0.3) is 11.0 Å². The van der Waals surface area contributed by atoms with Crippen LogP contribution in [0, 0.1) is 0 Å². The van der Waals surface area contributed by atoms with Crippen molar-refractivity contribution >= 4 is 34.8 Å². The lowest BCUT2D eigenvalue weighted by Crippen LogP contribution is -2.24. The highest BCUT2D eigenvalue weighted by Crippen LogP contribution is 2.29. The summed E-state index contributed by atoms with van der Waals surface area (Å²) in [5.74, 6) is 0.747. The van der Waals surface area contributed by atoms with Gasteiger partial charge in [0.2, 0.25) is 0 Å². The van der Waals surface area contributed by atoms with Gasteiger partial charge in [0.25, 0.3) is 0 Å². The molecule has 1 aromatic heterocycles. The molecule has 0 saturated carbocycles. The van der Waals surface area contributed by atoms with E-state index in [9.17, 15) is 0 Å². The number of rotatable bonds is 4. The number of anilines is 2. The molecule has 5 heteroatoms. The van der Waals surface area contributed by atoms with Crippen molar-refractivity contribution in [3.05, 3.63) is 95.2 Å². The van der Waals surface area contributed by atoms with Crippen LogP contribution in [0.1, 0.15) is 35.3 Å². The van der Waals surface area contributed by atoms with Crippen molar-refractivity contribution in [3.63, 3.8) is 0 Å². The quantitative estimate of drug-likeness (QED) is 0.370. The first-order valence-corrected chi connectivity index (χ1v) is 11.7. The van der Waals surface area contributed by atoms with Crippen LogP contribution >= 0.6 is 0 Å². The van der Waals surface area contributed by atoms with Crippen molar-refractivity contribution in [1.82, 2.24) is 0 Å². The van der Waals surface area contributed by atoms with Crippen LogP contribution in [0.2, 0.25) is 0 Å². The minimum absolute atomic E-state index is 0.747. The Labute approximate surface area is 193 Å². The standard InChI is InChI=1S/C28H26N4O/c1-3-13-26-21(8-1)11-6-16-31(26)29-19-23-10-5-15-28-25(23)18-24(33-28)20-30-32-17-7-12-22-9-2-4-14-27(22)32/h1-5,8-10,13-15,18-20H,6-7,11-12,16-17H2. The molecule has 164 valence electrons. The maximum Gasteiger partial charge on any atom is 0.148 e. The number of hydrogen-bond donors (Lipinski definition) is 0. The van der Waals surface area contributed by atoms with Crippen molar-refractivity contribution in [2.45, 2.75) is 25.7 Å². The molecule has 0 spiro atoms. The van der Waals surface area contributed by atoms with Crippen LogP contribution in [-0.4, -0.2) is 25.5 Å². The zero-order chi connectivity index (χ0) is 22.0. The molecule has 4 aromatic rings. The molecule has 33 heavy (non-hydrogen) atoms. The van der Waals surface area contributed by atoms with Gasteiger partial charge in [0.05, 0.1) is 23.8 Å². The van der Waals surface area contributed by atoms with Gasteiger partial charge in [-0.25, -0.2) is 0 Å². The third kappa shape index (κ3) is 3.91. The van der Waals surface area contributed by atoms with E-state index >= 15 is 0 Å². The zero-order valence-electron chi connectivity index (χ0n) is 18.5. The van der Waals surface area contributed by atoms with Crippen molar-refractivity contribution in [1.29, 1.82) is 0 Å². The van der Waals surface area contributed by atoms with Crippen LogP contribution in [0.4, 0.5) is 11.4 Å². The van der Waals surface area contributed by atoms with Crippen LogP contribution in [0.5, 0.6) is 0 Å². The molecule has 0 amide bonds. The number of furan rings is 1. The van der Waals surface area contributed by atoms with Gasteiger partial charge < -0.3 is 4.42 Å². The van der Waals surface area contributed by atoms with Gasteiger partial charge in [-0.2, -0.15) is 10.2 Å². The number of hydrogen-bond acceptors (Lipinski definition) is 5. The lowest BCUT2D eigenvalue weighted by atomic mass is 10.0. The summed E-state index contributed by atoms with van der Waals surface area (Å²) in [7, 11) is 0. The number of benzene rings is 3. The molecular formula is C28H26N4O. The SMILES string of the molecule is C(=NN1CCCc2ccccc21)c1cc2c(C=NN3CCCc4ccccc43)cccc2o1. The summed E-state index contributed by atoms with van der Waals surface area (Å²) in [6.45, 7) is 1.85. The van der Waals surface area contributed by atoms with Gasteiger partial charge in [-0.05, 0) is 61.1 Å². The zero-order valence-corrected chi connectivity index (χ0v) is 18.5. The fourth-order valence-electron chi connectivity index (χ4n) is 4.81. The van der Waals surface area contributed by atoms with E-state index in [-0.39, 0.29) is 0 Å². The summed E-state index contributed by atoms with van der Waals surface area (Å²) in [5, 5.41) is 14.8. The predicted molar refractivity (Wildman–Crippen MR) is 136 cm³/mol. The highest BCUT2D eigenvalue weighted by Gasteiger charge is 2.16. The lowest BCUT2D eigenvalue weighted by Gasteiger charge is -2.26. The average molecular weight is 435 g/mol. The minimum atomic E-state index is 0.747. The van der Waals surface area contributed by atoms with Gasteiger partial charge in [-0.1, -0.05) is 48.5 Å². The van der Waals surface area contributed by atoms with Crippen LogP contribution in [-0.2, 0) is 12.8 Å².